The Kier molecular flexibility index (Phi) is 10.8. The van der Waals surface area contributed by atoms with Crippen LogP contribution in [-0.4, -0.2) is 37.0 Å². The van der Waals surface area contributed by atoms with Crippen LogP contribution in [0.15, 0.2) is 103 Å². The van der Waals surface area contributed by atoms with Gasteiger partial charge in [0.25, 0.3) is 5.91 Å². The zero-order chi connectivity index (χ0) is 37.8. The van der Waals surface area contributed by atoms with E-state index in [1.54, 1.807) is 48.5 Å². The number of rotatable bonds is 10. The first-order valence-electron chi connectivity index (χ1n) is 17.2. The van der Waals surface area contributed by atoms with Crippen LogP contribution in [-0.2, 0) is 45.1 Å². The maximum absolute atomic E-state index is 13.5. The van der Waals surface area contributed by atoms with Crippen molar-refractivity contribution >= 4 is 46.7 Å². The summed E-state index contributed by atoms with van der Waals surface area (Å²) in [5, 5.41) is 19.1. The molecule has 7 rings (SSSR count). The molecule has 2 aliphatic heterocycles. The Balaban J connectivity index is 0.969. The molecule has 0 aliphatic carbocycles. The van der Waals surface area contributed by atoms with E-state index in [1.807, 2.05) is 54.6 Å². The molecule has 0 bridgehead atoms. The minimum atomic E-state index is -0.900. The number of amides is 2. The summed E-state index contributed by atoms with van der Waals surface area (Å²) in [7, 11) is 1.29. The van der Waals surface area contributed by atoms with Gasteiger partial charge in [-0.15, -0.1) is 0 Å². The maximum Gasteiger partial charge on any atom is 0.328 e. The average molecular weight is 762 g/mol. The fraction of sp³-hybridized carbons (Fsp3) is 0.190. The van der Waals surface area contributed by atoms with Gasteiger partial charge in [0.1, 0.15) is 24.1 Å². The number of halogens is 2. The monoisotopic (exact) mass is 760 g/mol. The van der Waals surface area contributed by atoms with Gasteiger partial charge in [-0.1, -0.05) is 77.8 Å². The number of hydrogen-bond acceptors (Lipinski definition) is 8. The Morgan fingerprint density at radius 2 is 1.61 bits per heavy atom. The number of benzene rings is 5. The van der Waals surface area contributed by atoms with Gasteiger partial charge in [-0.05, 0) is 88.3 Å². The second-order valence-corrected chi connectivity index (χ2v) is 13.8. The molecule has 0 spiro atoms. The molecule has 2 heterocycles. The van der Waals surface area contributed by atoms with Crippen molar-refractivity contribution in [2.24, 2.45) is 0 Å². The van der Waals surface area contributed by atoms with Gasteiger partial charge in [-0.2, -0.15) is 5.26 Å². The van der Waals surface area contributed by atoms with Gasteiger partial charge in [0.15, 0.2) is 0 Å². The van der Waals surface area contributed by atoms with E-state index in [4.69, 9.17) is 42.7 Å². The number of nitrogens with one attached hydrogen (secondary N) is 3. The standard InChI is InChI=1S/C42H34Cl2N4O6/c1-52-42(51)37(17-24-2-7-27(8-3-24)28-9-4-25(21-45)5-10-28)48-40(49)36-19-30-18-35-38(20-31(30)22-46-36)54-39(41(50)47-35)29-11-13-32(14-12-29)53-23-26-6-15-33(43)34(44)16-26/h2-16,18,20,36-37,39,46H,17,19,22-23H2,1H3,(H,47,50)(H,48,49). The number of carbonyl (C=O) groups is 3. The second-order valence-electron chi connectivity index (χ2n) is 13.0. The number of esters is 1. The number of carbonyl (C=O) groups excluding carboxylic acids is 3. The van der Waals surface area contributed by atoms with Crippen LogP contribution in [0.3, 0.4) is 0 Å². The van der Waals surface area contributed by atoms with Gasteiger partial charge < -0.3 is 30.2 Å². The van der Waals surface area contributed by atoms with Crippen molar-refractivity contribution in [2.45, 2.75) is 44.2 Å². The van der Waals surface area contributed by atoms with Gasteiger partial charge in [-0.25, -0.2) is 4.79 Å². The van der Waals surface area contributed by atoms with Crippen molar-refractivity contribution in [3.63, 3.8) is 0 Å². The zero-order valence-corrected chi connectivity index (χ0v) is 30.5. The normalized spacial score (nSPS) is 16.4. The molecular formula is C42H34Cl2N4O6. The maximum atomic E-state index is 13.5. The smallest absolute Gasteiger partial charge is 0.328 e. The highest BCUT2D eigenvalue weighted by molar-refractivity contribution is 6.42. The quantitative estimate of drug-likeness (QED) is 0.128. The van der Waals surface area contributed by atoms with Crippen LogP contribution in [0.2, 0.25) is 10.0 Å². The SMILES string of the molecule is COC(=O)C(Cc1ccc(-c2ccc(C#N)cc2)cc1)NC(=O)C1Cc2cc3c(cc2CN1)OC(c1ccc(OCc2ccc(Cl)c(Cl)c2)cc1)C(=O)N3. The highest BCUT2D eigenvalue weighted by Crippen LogP contribution is 2.38. The number of fused-ring (bicyclic) bond motifs is 2. The fourth-order valence-electron chi connectivity index (χ4n) is 6.47. The van der Waals surface area contributed by atoms with E-state index in [0.717, 1.165) is 33.4 Å². The van der Waals surface area contributed by atoms with Crippen molar-refractivity contribution in [1.29, 1.82) is 5.26 Å². The molecule has 0 radical (unpaired) electrons. The van der Waals surface area contributed by atoms with Crippen LogP contribution in [0.4, 0.5) is 5.69 Å². The van der Waals surface area contributed by atoms with E-state index in [1.165, 1.54) is 7.11 Å². The largest absolute Gasteiger partial charge is 0.489 e. The molecule has 2 aliphatic rings. The van der Waals surface area contributed by atoms with Crippen LogP contribution < -0.4 is 25.4 Å². The highest BCUT2D eigenvalue weighted by Gasteiger charge is 2.33. The Morgan fingerprint density at radius 1 is 0.907 bits per heavy atom. The van der Waals surface area contributed by atoms with Gasteiger partial charge in [0, 0.05) is 18.5 Å². The van der Waals surface area contributed by atoms with Crippen molar-refractivity contribution < 1.29 is 28.6 Å². The van der Waals surface area contributed by atoms with Gasteiger partial charge in [0.05, 0.1) is 40.5 Å². The number of methoxy groups -OCH3 is 1. The molecule has 3 unspecified atom stereocenters. The lowest BCUT2D eigenvalue weighted by molar-refractivity contribution is -0.145. The number of anilines is 1. The van der Waals surface area contributed by atoms with Crippen molar-refractivity contribution in [3.8, 4) is 28.7 Å². The van der Waals surface area contributed by atoms with E-state index >= 15 is 0 Å². The second kappa shape index (κ2) is 16.0. The van der Waals surface area contributed by atoms with Crippen LogP contribution in [0.25, 0.3) is 11.1 Å². The Hall–Kier alpha value is -5.86. The first-order chi connectivity index (χ1) is 26.2. The fourth-order valence-corrected chi connectivity index (χ4v) is 6.80. The summed E-state index contributed by atoms with van der Waals surface area (Å²) in [6.45, 7) is 0.683. The third-order valence-electron chi connectivity index (χ3n) is 9.44. The molecule has 5 aromatic rings. The van der Waals surface area contributed by atoms with Crippen LogP contribution in [0.5, 0.6) is 11.5 Å². The summed E-state index contributed by atoms with van der Waals surface area (Å²) >= 11 is 12.1. The van der Waals surface area contributed by atoms with Crippen LogP contribution in [0, 0.1) is 11.3 Å². The van der Waals surface area contributed by atoms with Gasteiger partial charge >= 0.3 is 5.97 Å². The average Bonchev–Trinajstić information content (AvgIpc) is 3.20. The molecule has 272 valence electrons. The summed E-state index contributed by atoms with van der Waals surface area (Å²) in [5.74, 6) is -0.0646. The molecule has 10 nitrogen and oxygen atoms in total. The lowest BCUT2D eigenvalue weighted by Gasteiger charge is -2.31. The number of hydrogen-bond donors (Lipinski definition) is 3. The summed E-state index contributed by atoms with van der Waals surface area (Å²) in [4.78, 5) is 39.5. The highest BCUT2D eigenvalue weighted by atomic mass is 35.5. The predicted octanol–water partition coefficient (Wildman–Crippen LogP) is 7.10. The van der Waals surface area contributed by atoms with Crippen molar-refractivity contribution in [3.05, 3.63) is 147 Å². The van der Waals surface area contributed by atoms with Crippen LogP contribution in [0.1, 0.15) is 39.5 Å². The van der Waals surface area contributed by atoms with E-state index in [9.17, 15) is 14.4 Å². The molecule has 0 saturated heterocycles. The van der Waals surface area contributed by atoms with E-state index in [0.29, 0.717) is 57.9 Å². The zero-order valence-electron chi connectivity index (χ0n) is 29.0. The summed E-state index contributed by atoms with van der Waals surface area (Å²) < 4.78 is 17.1. The minimum Gasteiger partial charge on any atom is -0.489 e. The first kappa shape index (κ1) is 36.5. The molecule has 0 saturated carbocycles. The topological polar surface area (TPSA) is 139 Å². The minimum absolute atomic E-state index is 0.238. The van der Waals surface area contributed by atoms with E-state index in [2.05, 4.69) is 22.0 Å². The summed E-state index contributed by atoms with van der Waals surface area (Å²) in [6.07, 6.45) is -0.288. The Labute approximate surface area is 322 Å². The number of ether oxygens (including phenoxy) is 3. The molecule has 0 fully saturated rings. The Bertz CT molecular complexity index is 2260. The molecule has 2 amide bonds. The van der Waals surface area contributed by atoms with E-state index in [-0.39, 0.29) is 18.2 Å². The van der Waals surface area contributed by atoms with Gasteiger partial charge in [-0.3, -0.25) is 9.59 Å². The predicted molar refractivity (Wildman–Crippen MR) is 204 cm³/mol. The third-order valence-corrected chi connectivity index (χ3v) is 10.2. The molecule has 5 aromatic carbocycles. The lowest BCUT2D eigenvalue weighted by Crippen LogP contribution is -2.53. The molecule has 12 heteroatoms. The molecule has 54 heavy (non-hydrogen) atoms. The summed E-state index contributed by atoms with van der Waals surface area (Å²) in [6, 6.07) is 31.7. The first-order valence-corrected chi connectivity index (χ1v) is 17.9. The van der Waals surface area contributed by atoms with Crippen LogP contribution >= 0.6 is 23.2 Å². The Morgan fingerprint density at radius 3 is 2.30 bits per heavy atom. The van der Waals surface area contributed by atoms with Gasteiger partial charge in [0.2, 0.25) is 12.0 Å². The molecule has 0 aromatic heterocycles. The van der Waals surface area contributed by atoms with Crippen molar-refractivity contribution in [1.82, 2.24) is 10.6 Å². The third kappa shape index (κ3) is 8.19. The molecular weight excluding hydrogens is 727 g/mol. The summed E-state index contributed by atoms with van der Waals surface area (Å²) in [5.41, 5.74) is 7.22. The number of nitriles is 1. The lowest BCUT2D eigenvalue weighted by atomic mass is 9.93. The molecule has 3 atom stereocenters. The van der Waals surface area contributed by atoms with E-state index < -0.39 is 24.2 Å². The number of nitrogens with zero attached hydrogens (tertiary/aromatic N) is 1. The van der Waals surface area contributed by atoms with Crippen molar-refractivity contribution in [2.75, 3.05) is 12.4 Å². The molecule has 3 N–H and O–H groups in total.